The molecule has 0 spiro atoms. The summed E-state index contributed by atoms with van der Waals surface area (Å²) >= 11 is 0. The molecule has 0 radical (unpaired) electrons. The van der Waals surface area contributed by atoms with E-state index >= 15 is 0 Å². The molecule has 0 aromatic rings. The molecule has 8 atom stereocenters. The van der Waals surface area contributed by atoms with Gasteiger partial charge in [-0.2, -0.15) is 0 Å². The fourth-order valence-electron chi connectivity index (χ4n) is 8.31. The lowest BCUT2D eigenvalue weighted by Gasteiger charge is -2.61. The molecule has 0 heterocycles. The molecule has 5 nitrogen and oxygen atoms in total. The van der Waals surface area contributed by atoms with Gasteiger partial charge in [0, 0.05) is 17.9 Å². The third-order valence-corrected chi connectivity index (χ3v) is 10.4. The Morgan fingerprint density at radius 1 is 1.21 bits per heavy atom. The fourth-order valence-corrected chi connectivity index (χ4v) is 8.31. The van der Waals surface area contributed by atoms with Gasteiger partial charge in [-0.3, -0.25) is 4.79 Å². The highest BCUT2D eigenvalue weighted by molar-refractivity contribution is 5.85. The largest absolute Gasteiger partial charge is 0.481 e. The molecular weight excluding hydrogens is 428 g/mol. The molecule has 190 valence electrons. The van der Waals surface area contributed by atoms with E-state index in [1.807, 2.05) is 13.0 Å². The molecule has 3 aliphatic carbocycles. The van der Waals surface area contributed by atoms with E-state index in [1.165, 1.54) is 5.57 Å². The van der Waals surface area contributed by atoms with Crippen LogP contribution in [0, 0.1) is 39.9 Å². The van der Waals surface area contributed by atoms with E-state index in [-0.39, 0.29) is 29.1 Å². The van der Waals surface area contributed by atoms with Crippen LogP contribution in [-0.4, -0.2) is 33.4 Å². The van der Waals surface area contributed by atoms with Crippen LogP contribution in [0.3, 0.4) is 0 Å². The van der Waals surface area contributed by atoms with Gasteiger partial charge in [0.1, 0.15) is 0 Å². The number of hydrogen-bond acceptors (Lipinski definition) is 3. The lowest BCUT2D eigenvalue weighted by atomic mass is 9.44. The first-order chi connectivity index (χ1) is 15.7. The Kier molecular flexibility index (Phi) is 7.30. The van der Waals surface area contributed by atoms with Crippen LogP contribution in [0.4, 0.5) is 0 Å². The van der Waals surface area contributed by atoms with Crippen LogP contribution in [0.15, 0.2) is 35.5 Å². The van der Waals surface area contributed by atoms with E-state index in [9.17, 15) is 24.9 Å². The second-order valence-corrected chi connectivity index (χ2v) is 12.2. The average molecular weight is 473 g/mol. The topological polar surface area (TPSA) is 94.8 Å². The van der Waals surface area contributed by atoms with Crippen molar-refractivity contribution in [1.82, 2.24) is 0 Å². The minimum absolute atomic E-state index is 0.00702. The second-order valence-electron chi connectivity index (χ2n) is 12.2. The number of aliphatic hydroxyl groups excluding tert-OH is 1. The first-order valence-electron chi connectivity index (χ1n) is 12.8. The third kappa shape index (κ3) is 4.19. The first-order valence-corrected chi connectivity index (χ1v) is 12.8. The highest BCUT2D eigenvalue weighted by Gasteiger charge is 2.64. The Morgan fingerprint density at radius 2 is 1.85 bits per heavy atom. The molecule has 0 amide bonds. The van der Waals surface area contributed by atoms with Crippen molar-refractivity contribution in [3.8, 4) is 0 Å². The van der Waals surface area contributed by atoms with E-state index in [2.05, 4.69) is 40.3 Å². The minimum atomic E-state index is -0.858. The SMILES string of the molecule is C=C(C)[C@@H]1[C@H](O)C[C@@H]2C(=CC[C@]3(C)[C@@H]([C@H](C)C/C=C(/C)C(=O)O)CC[C@@]23C)[C@@]1(C)CCC(=O)O. The van der Waals surface area contributed by atoms with Crippen molar-refractivity contribution in [3.05, 3.63) is 35.5 Å². The van der Waals surface area contributed by atoms with Gasteiger partial charge >= 0.3 is 11.9 Å². The zero-order valence-corrected chi connectivity index (χ0v) is 21.9. The minimum Gasteiger partial charge on any atom is -0.481 e. The van der Waals surface area contributed by atoms with Crippen molar-refractivity contribution in [1.29, 1.82) is 0 Å². The van der Waals surface area contributed by atoms with Crippen molar-refractivity contribution in [2.75, 3.05) is 0 Å². The van der Waals surface area contributed by atoms with Crippen LogP contribution in [0.2, 0.25) is 0 Å². The van der Waals surface area contributed by atoms with Crippen LogP contribution >= 0.6 is 0 Å². The van der Waals surface area contributed by atoms with Crippen LogP contribution < -0.4 is 0 Å². The average Bonchev–Trinajstić information content (AvgIpc) is 3.01. The Hall–Kier alpha value is -1.88. The Morgan fingerprint density at radius 3 is 2.41 bits per heavy atom. The molecule has 0 aliphatic heterocycles. The summed E-state index contributed by atoms with van der Waals surface area (Å²) in [5.74, 6) is -0.749. The zero-order valence-electron chi connectivity index (χ0n) is 21.9. The Labute approximate surface area is 205 Å². The molecule has 3 rings (SSSR count). The number of allylic oxidation sites excluding steroid dienone is 3. The number of carboxylic acid groups (broad SMARTS) is 2. The number of hydrogen-bond donors (Lipinski definition) is 3. The summed E-state index contributed by atoms with van der Waals surface area (Å²) in [6, 6.07) is 0. The number of rotatable bonds is 8. The van der Waals surface area contributed by atoms with Crippen LogP contribution in [0.1, 0.15) is 86.5 Å². The molecule has 0 saturated heterocycles. The monoisotopic (exact) mass is 472 g/mol. The smallest absolute Gasteiger partial charge is 0.330 e. The summed E-state index contributed by atoms with van der Waals surface area (Å²) in [6.45, 7) is 17.0. The molecular formula is C29H44O5. The lowest BCUT2D eigenvalue weighted by Crippen LogP contribution is -2.55. The highest BCUT2D eigenvalue weighted by Crippen LogP contribution is 2.71. The van der Waals surface area contributed by atoms with E-state index in [1.54, 1.807) is 6.92 Å². The molecule has 2 saturated carbocycles. The van der Waals surface area contributed by atoms with E-state index in [0.717, 1.165) is 31.3 Å². The molecule has 3 N–H and O–H groups in total. The van der Waals surface area contributed by atoms with Crippen molar-refractivity contribution in [3.63, 3.8) is 0 Å². The van der Waals surface area contributed by atoms with Gasteiger partial charge in [-0.05, 0) is 86.4 Å². The van der Waals surface area contributed by atoms with Crippen molar-refractivity contribution in [2.24, 2.45) is 39.9 Å². The molecule has 2 fully saturated rings. The summed E-state index contributed by atoms with van der Waals surface area (Å²) in [5, 5.41) is 30.1. The van der Waals surface area contributed by atoms with Gasteiger partial charge in [0.05, 0.1) is 6.10 Å². The maximum atomic E-state index is 11.5. The van der Waals surface area contributed by atoms with E-state index in [0.29, 0.717) is 30.3 Å². The van der Waals surface area contributed by atoms with Gasteiger partial charge in [-0.15, -0.1) is 0 Å². The molecule has 0 unspecified atom stereocenters. The second kappa shape index (κ2) is 9.29. The fraction of sp³-hybridized carbons (Fsp3) is 0.724. The lowest BCUT2D eigenvalue weighted by molar-refractivity contribution is -0.138. The zero-order chi connectivity index (χ0) is 25.6. The van der Waals surface area contributed by atoms with Crippen LogP contribution in [-0.2, 0) is 9.59 Å². The maximum Gasteiger partial charge on any atom is 0.330 e. The van der Waals surface area contributed by atoms with Gasteiger partial charge in [-0.25, -0.2) is 4.79 Å². The van der Waals surface area contributed by atoms with Gasteiger partial charge in [0.15, 0.2) is 0 Å². The normalized spacial score (nSPS) is 40.7. The Bertz CT molecular complexity index is 915. The molecule has 0 aromatic carbocycles. The summed E-state index contributed by atoms with van der Waals surface area (Å²) in [7, 11) is 0. The Balaban J connectivity index is 1.99. The van der Waals surface area contributed by atoms with Gasteiger partial charge in [-0.1, -0.05) is 57.6 Å². The summed E-state index contributed by atoms with van der Waals surface area (Å²) in [6.07, 6.45) is 8.86. The summed E-state index contributed by atoms with van der Waals surface area (Å²) in [5.41, 5.74) is 2.31. The number of carbonyl (C=O) groups is 2. The number of aliphatic carboxylic acids is 2. The first kappa shape index (κ1) is 26.7. The number of carboxylic acids is 2. The number of fused-ring (bicyclic) bond motifs is 3. The third-order valence-electron chi connectivity index (χ3n) is 10.4. The summed E-state index contributed by atoms with van der Waals surface area (Å²) < 4.78 is 0. The standard InChI is InChI=1S/C29H44O5/c1-17(2)25-23(30)16-22-21(27(25,5)13-12-24(31)32)11-15-28(6)20(10-14-29(22,28)7)18(3)8-9-19(4)26(33)34/h9,11,18,20,22-23,25,30H,1,8,10,12-16H2,2-7H3,(H,31,32)(H,33,34)/b19-9-/t18-,20-,22-,23-,25-,27-,28-,29+/m1/s1. The summed E-state index contributed by atoms with van der Waals surface area (Å²) in [4.78, 5) is 22.8. The maximum absolute atomic E-state index is 11.5. The highest BCUT2D eigenvalue weighted by atomic mass is 16.4. The van der Waals surface area contributed by atoms with Crippen LogP contribution in [0.25, 0.3) is 0 Å². The van der Waals surface area contributed by atoms with Gasteiger partial charge in [0.2, 0.25) is 0 Å². The van der Waals surface area contributed by atoms with Crippen molar-refractivity contribution < 1.29 is 24.9 Å². The van der Waals surface area contributed by atoms with E-state index < -0.39 is 23.5 Å². The number of aliphatic hydroxyl groups is 1. The predicted octanol–water partition coefficient (Wildman–Crippen LogP) is 6.24. The van der Waals surface area contributed by atoms with Crippen molar-refractivity contribution in [2.45, 2.75) is 92.6 Å². The van der Waals surface area contributed by atoms with Gasteiger partial charge < -0.3 is 15.3 Å². The quantitative estimate of drug-likeness (QED) is 0.287. The molecule has 5 heteroatoms. The molecule has 3 aliphatic rings. The van der Waals surface area contributed by atoms with Gasteiger partial charge in [0.25, 0.3) is 0 Å². The molecule has 0 bridgehead atoms. The van der Waals surface area contributed by atoms with Crippen molar-refractivity contribution >= 4 is 11.9 Å². The predicted molar refractivity (Wildman–Crippen MR) is 134 cm³/mol. The van der Waals surface area contributed by atoms with Crippen LogP contribution in [0.5, 0.6) is 0 Å². The van der Waals surface area contributed by atoms with E-state index in [4.69, 9.17) is 0 Å². The molecule has 34 heavy (non-hydrogen) atoms. The molecule has 0 aromatic heterocycles.